The van der Waals surface area contributed by atoms with E-state index in [4.69, 9.17) is 4.98 Å². The van der Waals surface area contributed by atoms with Crippen LogP contribution in [0.5, 0.6) is 0 Å². The minimum Gasteiger partial charge on any atom is -0.378 e. The molecular weight excluding hydrogens is 687 g/mol. The van der Waals surface area contributed by atoms with Crippen LogP contribution >= 0.6 is 0 Å². The van der Waals surface area contributed by atoms with Crippen molar-refractivity contribution in [2.24, 2.45) is 0 Å². The van der Waals surface area contributed by atoms with Crippen LogP contribution in [0, 0.1) is 12.1 Å². The minimum atomic E-state index is 0. The Hall–Kier alpha value is -4.67. The van der Waals surface area contributed by atoms with Gasteiger partial charge in [0, 0.05) is 55.5 Å². The Morgan fingerprint density at radius 1 is 0.634 bits per heavy atom. The van der Waals surface area contributed by atoms with Gasteiger partial charge in [-0.15, -0.1) is 35.0 Å². The van der Waals surface area contributed by atoms with Crippen LogP contribution in [0.25, 0.3) is 60.8 Å². The summed E-state index contributed by atoms with van der Waals surface area (Å²) in [5, 5.41) is 9.06. The molecule has 0 bridgehead atoms. The first-order valence-electron chi connectivity index (χ1n) is 13.2. The third kappa shape index (κ3) is 3.90. The number of fused-ring (bicyclic) bond motifs is 6. The molecule has 8 rings (SSSR count). The molecule has 6 nitrogen and oxygen atoms in total. The van der Waals surface area contributed by atoms with Gasteiger partial charge in [-0.05, 0) is 40.7 Å². The van der Waals surface area contributed by atoms with E-state index in [1.165, 1.54) is 10.8 Å². The summed E-state index contributed by atoms with van der Waals surface area (Å²) >= 11 is 0. The Labute approximate surface area is 251 Å². The van der Waals surface area contributed by atoms with Gasteiger partial charge in [-0.3, -0.25) is 4.68 Å². The summed E-state index contributed by atoms with van der Waals surface area (Å²) in [7, 11) is 4.09. The van der Waals surface area contributed by atoms with E-state index >= 15 is 0 Å². The van der Waals surface area contributed by atoms with E-state index in [2.05, 4.69) is 110 Å². The maximum Gasteiger partial charge on any atom is 4.00 e. The van der Waals surface area contributed by atoms with Crippen LogP contribution < -0.4 is 4.90 Å². The van der Waals surface area contributed by atoms with Gasteiger partial charge < -0.3 is 14.0 Å². The molecule has 0 N–H and O–H groups in total. The predicted molar refractivity (Wildman–Crippen MR) is 162 cm³/mol. The largest absolute Gasteiger partial charge is 4.00 e. The van der Waals surface area contributed by atoms with Gasteiger partial charge in [0.25, 0.3) is 0 Å². The van der Waals surface area contributed by atoms with Crippen molar-refractivity contribution >= 4 is 49.3 Å². The second-order valence-electron chi connectivity index (χ2n) is 10.1. The number of hydrogen-bond acceptors (Lipinski definition) is 3. The normalized spacial score (nSPS) is 11.5. The van der Waals surface area contributed by atoms with E-state index in [-0.39, 0.29) is 21.1 Å². The number of nitrogens with zero attached hydrogens (tertiary/aromatic N) is 6. The van der Waals surface area contributed by atoms with Gasteiger partial charge in [0.1, 0.15) is 5.82 Å². The molecule has 8 aromatic rings. The van der Waals surface area contributed by atoms with E-state index in [1.54, 1.807) is 6.20 Å². The Morgan fingerprint density at radius 3 is 1.95 bits per heavy atom. The number of benzene rings is 4. The van der Waals surface area contributed by atoms with Crippen molar-refractivity contribution in [2.45, 2.75) is 0 Å². The van der Waals surface area contributed by atoms with E-state index < -0.39 is 0 Å². The molecule has 4 aromatic carbocycles. The monoisotopic (exact) mass is 711 g/mol. The van der Waals surface area contributed by atoms with Crippen LogP contribution in [0.3, 0.4) is 0 Å². The topological polar surface area (TPSA) is 43.8 Å². The van der Waals surface area contributed by atoms with Gasteiger partial charge in [0.15, 0.2) is 0 Å². The van der Waals surface area contributed by atoms with E-state index in [9.17, 15) is 0 Å². The average molecular weight is 712 g/mol. The van der Waals surface area contributed by atoms with Crippen molar-refractivity contribution in [2.75, 3.05) is 19.0 Å². The fourth-order valence-corrected chi connectivity index (χ4v) is 5.74. The van der Waals surface area contributed by atoms with Crippen LogP contribution in [0.2, 0.25) is 0 Å². The molecular formula is C34H24N6Pt+2. The van der Waals surface area contributed by atoms with Crippen molar-refractivity contribution in [3.05, 3.63) is 122 Å². The standard InChI is InChI=1S/C34H24N6.Pt/c1-37(2)23-16-18-35-34(22-23)40-31-11-6-4-9-27(31)29-15-13-25(21-33(29)40)39-30-10-5-3-8-26(30)28-14-12-24(20-32(28)39)38-19-7-17-36-38;/h3-19,22H,1-2H3;/q-2;+4. The summed E-state index contributed by atoms with van der Waals surface area (Å²) in [6.45, 7) is 0. The molecule has 0 atom stereocenters. The van der Waals surface area contributed by atoms with Crippen LogP contribution in [0.15, 0.2) is 110 Å². The van der Waals surface area contributed by atoms with Crippen molar-refractivity contribution in [3.63, 3.8) is 0 Å². The molecule has 0 saturated carbocycles. The fraction of sp³-hybridized carbons (Fsp3) is 0.0588. The molecule has 0 spiro atoms. The number of aromatic nitrogens is 5. The number of para-hydroxylation sites is 2. The van der Waals surface area contributed by atoms with Crippen LogP contribution in [0.1, 0.15) is 0 Å². The number of pyridine rings is 1. The van der Waals surface area contributed by atoms with Gasteiger partial charge >= 0.3 is 21.1 Å². The first-order valence-corrected chi connectivity index (χ1v) is 13.2. The number of rotatable bonds is 4. The maximum absolute atomic E-state index is 4.79. The first kappa shape index (κ1) is 25.3. The smallest absolute Gasteiger partial charge is 0.378 e. The molecule has 0 aliphatic carbocycles. The Balaban J connectivity index is 0.00000276. The van der Waals surface area contributed by atoms with Crippen molar-refractivity contribution in [1.82, 2.24) is 23.9 Å². The second kappa shape index (κ2) is 9.75. The third-order valence-electron chi connectivity index (χ3n) is 7.60. The molecule has 4 heterocycles. The van der Waals surface area contributed by atoms with E-state index in [0.717, 1.165) is 55.7 Å². The molecule has 7 heteroatoms. The summed E-state index contributed by atoms with van der Waals surface area (Å²) in [5.74, 6) is 0.862. The van der Waals surface area contributed by atoms with Crippen LogP contribution in [-0.4, -0.2) is 38.0 Å². The van der Waals surface area contributed by atoms with Gasteiger partial charge in [-0.25, -0.2) is 4.98 Å². The second-order valence-corrected chi connectivity index (χ2v) is 10.1. The zero-order chi connectivity index (χ0) is 26.8. The Morgan fingerprint density at radius 2 is 1.27 bits per heavy atom. The molecule has 0 aliphatic heterocycles. The maximum atomic E-state index is 4.79. The van der Waals surface area contributed by atoms with E-state index in [1.807, 2.05) is 43.3 Å². The van der Waals surface area contributed by atoms with Gasteiger partial charge in [0.2, 0.25) is 0 Å². The zero-order valence-corrected chi connectivity index (χ0v) is 24.7. The van der Waals surface area contributed by atoms with Crippen molar-refractivity contribution < 1.29 is 21.1 Å². The minimum absolute atomic E-state index is 0. The first-order chi connectivity index (χ1) is 19.7. The molecule has 0 radical (unpaired) electrons. The molecule has 0 aliphatic rings. The zero-order valence-electron chi connectivity index (χ0n) is 22.4. The molecule has 0 saturated heterocycles. The van der Waals surface area contributed by atoms with Crippen LogP contribution in [-0.2, 0) is 21.1 Å². The summed E-state index contributed by atoms with van der Waals surface area (Å²) in [4.78, 5) is 6.89. The Kier molecular flexibility index (Phi) is 6.02. The van der Waals surface area contributed by atoms with Gasteiger partial charge in [-0.2, -0.15) is 17.2 Å². The number of hydrogen-bond donors (Lipinski definition) is 0. The van der Waals surface area contributed by atoms with Crippen molar-refractivity contribution in [3.8, 4) is 17.2 Å². The molecule has 198 valence electrons. The SMILES string of the molecule is CN(C)c1ccnc(-n2c3[c-]c(-n4c5[c-]c(-n6cccn6)ccc5c5ccccc54)ccc3c3ccccc32)c1.[Pt+4]. The van der Waals surface area contributed by atoms with Gasteiger partial charge in [0.05, 0.1) is 0 Å². The summed E-state index contributed by atoms with van der Waals surface area (Å²) in [6.07, 6.45) is 5.59. The summed E-state index contributed by atoms with van der Waals surface area (Å²) in [6, 6.07) is 39.1. The van der Waals surface area contributed by atoms with Crippen LogP contribution in [0.4, 0.5) is 5.69 Å². The molecule has 0 fully saturated rings. The molecule has 41 heavy (non-hydrogen) atoms. The molecule has 4 aromatic heterocycles. The van der Waals surface area contributed by atoms with Crippen molar-refractivity contribution in [1.29, 1.82) is 0 Å². The Bertz CT molecular complexity index is 2200. The third-order valence-corrected chi connectivity index (χ3v) is 7.60. The quantitative estimate of drug-likeness (QED) is 0.183. The average Bonchev–Trinajstić information content (AvgIpc) is 3.72. The number of anilines is 1. The van der Waals surface area contributed by atoms with Gasteiger partial charge in [-0.1, -0.05) is 53.1 Å². The summed E-state index contributed by atoms with van der Waals surface area (Å²) in [5.41, 5.74) is 7.11. The van der Waals surface area contributed by atoms with E-state index in [0.29, 0.717) is 0 Å². The molecule has 0 amide bonds. The fourth-order valence-electron chi connectivity index (χ4n) is 5.74. The predicted octanol–water partition coefficient (Wildman–Crippen LogP) is 7.13. The molecule has 0 unspecified atom stereocenters. The summed E-state index contributed by atoms with van der Waals surface area (Å²) < 4.78 is 6.31.